The first-order valence-corrected chi connectivity index (χ1v) is 9.72. The summed E-state index contributed by atoms with van der Waals surface area (Å²) in [6.45, 7) is 6.94. The van der Waals surface area contributed by atoms with E-state index in [2.05, 4.69) is 63.3 Å². The highest BCUT2D eigenvalue weighted by atomic mass is 14.5. The van der Waals surface area contributed by atoms with Crippen molar-refractivity contribution in [3.05, 3.63) is 59.2 Å². The molecule has 3 aliphatic rings. The fourth-order valence-corrected chi connectivity index (χ4v) is 5.76. The van der Waals surface area contributed by atoms with Crippen LogP contribution in [0.25, 0.3) is 10.8 Å². The summed E-state index contributed by atoms with van der Waals surface area (Å²) in [6, 6.07) is 12.2. The Kier molecular flexibility index (Phi) is 2.92. The molecule has 3 atom stereocenters. The predicted octanol–water partition coefficient (Wildman–Crippen LogP) is 6.31. The molecule has 1 saturated carbocycles. The molecular weight excluding hydrogens is 288 g/mol. The summed E-state index contributed by atoms with van der Waals surface area (Å²) in [7, 11) is 0. The average Bonchev–Trinajstić information content (AvgIpc) is 3.14. The monoisotopic (exact) mass is 316 g/mol. The van der Waals surface area contributed by atoms with Crippen molar-refractivity contribution in [2.75, 3.05) is 0 Å². The second kappa shape index (κ2) is 4.75. The number of aryl methyl sites for hydroxylation is 1. The summed E-state index contributed by atoms with van der Waals surface area (Å²) in [5.74, 6) is 1.64. The molecular formula is C24H28. The summed E-state index contributed by atoms with van der Waals surface area (Å²) in [4.78, 5) is 0. The Bertz CT molecular complexity index is 848. The van der Waals surface area contributed by atoms with Gasteiger partial charge in [0.15, 0.2) is 0 Å². The van der Waals surface area contributed by atoms with Gasteiger partial charge in [0.1, 0.15) is 0 Å². The van der Waals surface area contributed by atoms with Gasteiger partial charge in [-0.3, -0.25) is 0 Å². The summed E-state index contributed by atoms with van der Waals surface area (Å²) in [5, 5.41) is 2.88. The molecule has 2 aromatic rings. The van der Waals surface area contributed by atoms with Gasteiger partial charge in [-0.2, -0.15) is 0 Å². The number of benzene rings is 2. The van der Waals surface area contributed by atoms with Crippen LogP contribution in [0.1, 0.15) is 63.1 Å². The second-order valence-corrected chi connectivity index (χ2v) is 9.52. The molecule has 0 saturated heterocycles. The van der Waals surface area contributed by atoms with Crippen LogP contribution >= 0.6 is 0 Å². The van der Waals surface area contributed by atoms with Crippen molar-refractivity contribution < 1.29 is 0 Å². The molecule has 24 heavy (non-hydrogen) atoms. The number of hydrogen-bond donors (Lipinski definition) is 0. The predicted molar refractivity (Wildman–Crippen MR) is 103 cm³/mol. The Morgan fingerprint density at radius 1 is 1.00 bits per heavy atom. The highest BCUT2D eigenvalue weighted by Crippen LogP contribution is 2.58. The maximum atomic E-state index is 2.58. The molecule has 1 fully saturated rings. The van der Waals surface area contributed by atoms with Crippen molar-refractivity contribution in [2.24, 2.45) is 11.8 Å². The molecule has 0 radical (unpaired) electrons. The van der Waals surface area contributed by atoms with Crippen LogP contribution in [-0.2, 0) is 17.3 Å². The first kappa shape index (κ1) is 14.8. The van der Waals surface area contributed by atoms with E-state index < -0.39 is 0 Å². The maximum Gasteiger partial charge on any atom is 0.00246 e. The van der Waals surface area contributed by atoms with Crippen LogP contribution in [0, 0.1) is 11.8 Å². The lowest BCUT2D eigenvalue weighted by Crippen LogP contribution is -2.35. The number of allylic oxidation sites excluding steroid dienone is 2. The molecule has 0 amide bonds. The van der Waals surface area contributed by atoms with Gasteiger partial charge in [-0.1, -0.05) is 63.3 Å². The molecule has 2 bridgehead atoms. The summed E-state index contributed by atoms with van der Waals surface area (Å²) < 4.78 is 0. The van der Waals surface area contributed by atoms with Crippen molar-refractivity contribution in [1.82, 2.24) is 0 Å². The molecule has 2 aromatic carbocycles. The van der Waals surface area contributed by atoms with Crippen LogP contribution in [0.5, 0.6) is 0 Å². The van der Waals surface area contributed by atoms with E-state index in [1.807, 2.05) is 0 Å². The van der Waals surface area contributed by atoms with Crippen LogP contribution in [0.2, 0.25) is 0 Å². The zero-order chi connectivity index (χ0) is 16.5. The molecule has 3 aliphatic carbocycles. The van der Waals surface area contributed by atoms with Gasteiger partial charge in [0, 0.05) is 5.41 Å². The Hall–Kier alpha value is -1.56. The third kappa shape index (κ3) is 1.98. The molecule has 0 heteroatoms. The molecule has 0 N–H and O–H groups in total. The zero-order valence-corrected chi connectivity index (χ0v) is 15.2. The Morgan fingerprint density at radius 2 is 1.88 bits per heavy atom. The second-order valence-electron chi connectivity index (χ2n) is 9.52. The minimum Gasteiger partial charge on any atom is -0.0851 e. The van der Waals surface area contributed by atoms with E-state index in [0.29, 0.717) is 5.41 Å². The van der Waals surface area contributed by atoms with E-state index in [-0.39, 0.29) is 5.41 Å². The van der Waals surface area contributed by atoms with Crippen LogP contribution in [-0.4, -0.2) is 0 Å². The highest BCUT2D eigenvalue weighted by Gasteiger charge is 2.50. The maximum absolute atomic E-state index is 2.58. The van der Waals surface area contributed by atoms with Crippen molar-refractivity contribution in [2.45, 2.75) is 63.7 Å². The van der Waals surface area contributed by atoms with E-state index in [4.69, 9.17) is 0 Å². The normalized spacial score (nSPS) is 31.1. The standard InChI is InChI=1S/C24H28/c1-23(2,3)20-9-7-17-12-18-5-4-10-24(22(18)14-19(17)13-20)15-16-6-8-21(24)11-16/h6-9,12-14,16,21H,4-5,10-11,15H2,1-3H3. The third-order valence-corrected chi connectivity index (χ3v) is 7.04. The first-order valence-electron chi connectivity index (χ1n) is 9.72. The van der Waals surface area contributed by atoms with Crippen LogP contribution in [0.4, 0.5) is 0 Å². The van der Waals surface area contributed by atoms with E-state index in [9.17, 15) is 0 Å². The lowest BCUT2D eigenvalue weighted by atomic mass is 9.62. The Balaban J connectivity index is 1.71. The Morgan fingerprint density at radius 3 is 2.58 bits per heavy atom. The smallest absolute Gasteiger partial charge is 0.00246 e. The lowest BCUT2D eigenvalue weighted by molar-refractivity contribution is 0.304. The fourth-order valence-electron chi connectivity index (χ4n) is 5.76. The van der Waals surface area contributed by atoms with Gasteiger partial charge in [-0.25, -0.2) is 0 Å². The molecule has 124 valence electrons. The molecule has 3 unspecified atom stereocenters. The molecule has 0 heterocycles. The first-order chi connectivity index (χ1) is 11.5. The van der Waals surface area contributed by atoms with Crippen LogP contribution in [0.15, 0.2) is 42.5 Å². The van der Waals surface area contributed by atoms with Gasteiger partial charge < -0.3 is 0 Å². The van der Waals surface area contributed by atoms with E-state index in [1.165, 1.54) is 48.4 Å². The fraction of sp³-hybridized carbons (Fsp3) is 0.500. The number of hydrogen-bond acceptors (Lipinski definition) is 0. The van der Waals surface area contributed by atoms with E-state index in [0.717, 1.165) is 11.8 Å². The van der Waals surface area contributed by atoms with Gasteiger partial charge in [0.2, 0.25) is 0 Å². The van der Waals surface area contributed by atoms with Gasteiger partial charge >= 0.3 is 0 Å². The summed E-state index contributed by atoms with van der Waals surface area (Å²) in [6.07, 6.45) is 11.9. The van der Waals surface area contributed by atoms with Gasteiger partial charge in [0.25, 0.3) is 0 Å². The minimum atomic E-state index is 0.219. The molecule has 5 rings (SSSR count). The highest BCUT2D eigenvalue weighted by molar-refractivity contribution is 5.85. The average molecular weight is 316 g/mol. The van der Waals surface area contributed by atoms with Crippen LogP contribution < -0.4 is 0 Å². The van der Waals surface area contributed by atoms with Crippen molar-refractivity contribution in [3.8, 4) is 0 Å². The van der Waals surface area contributed by atoms with Crippen molar-refractivity contribution in [3.63, 3.8) is 0 Å². The summed E-state index contributed by atoms with van der Waals surface area (Å²) >= 11 is 0. The van der Waals surface area contributed by atoms with Crippen LogP contribution in [0.3, 0.4) is 0 Å². The number of fused-ring (bicyclic) bond motifs is 6. The molecule has 1 spiro atoms. The third-order valence-electron chi connectivity index (χ3n) is 7.04. The molecule has 0 aliphatic heterocycles. The zero-order valence-electron chi connectivity index (χ0n) is 15.2. The molecule has 0 nitrogen and oxygen atoms in total. The quantitative estimate of drug-likeness (QED) is 0.500. The number of rotatable bonds is 0. The minimum absolute atomic E-state index is 0.219. The topological polar surface area (TPSA) is 0 Å². The van der Waals surface area contributed by atoms with Gasteiger partial charge in [0.05, 0.1) is 0 Å². The lowest BCUT2D eigenvalue weighted by Gasteiger charge is -2.41. The Labute approximate surface area is 146 Å². The van der Waals surface area contributed by atoms with Crippen molar-refractivity contribution >= 4 is 10.8 Å². The van der Waals surface area contributed by atoms with Crippen molar-refractivity contribution in [1.29, 1.82) is 0 Å². The SMILES string of the molecule is CC(C)(C)c1ccc2cc3c(cc2c1)C1(CCC3)CC2C=CC1C2. The van der Waals surface area contributed by atoms with E-state index >= 15 is 0 Å². The largest absolute Gasteiger partial charge is 0.0851 e. The van der Waals surface area contributed by atoms with Gasteiger partial charge in [-0.15, -0.1) is 0 Å². The molecule has 0 aromatic heterocycles. The summed E-state index contributed by atoms with van der Waals surface area (Å²) in [5.41, 5.74) is 5.46. The van der Waals surface area contributed by atoms with Gasteiger partial charge in [-0.05, 0) is 76.8 Å². The van der Waals surface area contributed by atoms with E-state index in [1.54, 1.807) is 11.1 Å².